The number of hydrogen-bond donors (Lipinski definition) is 2. The molecule has 7 fully saturated rings. The van der Waals surface area contributed by atoms with Gasteiger partial charge in [-0.15, -0.1) is 6.58 Å². The third-order valence-electron chi connectivity index (χ3n) is 10.3. The molecular weight excluding hydrogens is 448 g/mol. The monoisotopic (exact) mass is 486 g/mol. The van der Waals surface area contributed by atoms with E-state index in [4.69, 9.17) is 12.2 Å². The molecule has 0 amide bonds. The van der Waals surface area contributed by atoms with Gasteiger partial charge >= 0.3 is 0 Å². The molecule has 6 bridgehead atoms. The Bertz CT molecular complexity index is 1100. The van der Waals surface area contributed by atoms with E-state index in [0.29, 0.717) is 12.0 Å². The number of para-hydroxylation sites is 1. The van der Waals surface area contributed by atoms with Crippen LogP contribution in [-0.2, 0) is 0 Å². The fraction of sp³-hybridized carbons (Fsp3) is 0.600. The van der Waals surface area contributed by atoms with E-state index in [1.165, 1.54) is 68.9 Å². The first-order chi connectivity index (χ1) is 17.1. The van der Waals surface area contributed by atoms with Crippen molar-refractivity contribution in [3.8, 4) is 0 Å². The quantitative estimate of drug-likeness (QED) is 0.425. The smallest absolute Gasteiger partial charge is 0.167 e. The van der Waals surface area contributed by atoms with Crippen LogP contribution in [0.25, 0.3) is 10.9 Å². The molecular formula is C30H38N4S. The number of thiocarbonyl (C=S) groups is 1. The van der Waals surface area contributed by atoms with Gasteiger partial charge in [-0.2, -0.15) is 0 Å². The molecule has 35 heavy (non-hydrogen) atoms. The van der Waals surface area contributed by atoms with Gasteiger partial charge in [-0.05, 0) is 117 Å². The van der Waals surface area contributed by atoms with Gasteiger partial charge in [0.05, 0.1) is 11.6 Å². The standard InChI is InChI=1S/C30H38N4S/c1-2-22-18-34-10-8-23(22)14-27(34)28(25-7-9-31-26-6-4-3-5-24(25)26)32-29(35)33-30-15-19-11-20(16-30)13-21(12-19)17-30/h2-7,9,19-23,27-28H,1,8,10-18H2,(H2,32,33,35)/t19?,20?,21?,22-,23-,27-,28-,30?/m0/s1. The minimum atomic E-state index is 0.158. The fourth-order valence-electron chi connectivity index (χ4n) is 9.18. The second-order valence-corrected chi connectivity index (χ2v) is 12.8. The van der Waals surface area contributed by atoms with Crippen molar-refractivity contribution in [2.45, 2.75) is 69.0 Å². The molecule has 5 atom stereocenters. The van der Waals surface area contributed by atoms with E-state index in [9.17, 15) is 0 Å². The van der Waals surface area contributed by atoms with Crippen LogP contribution in [0.2, 0.25) is 0 Å². The van der Waals surface area contributed by atoms with E-state index in [-0.39, 0.29) is 11.6 Å². The van der Waals surface area contributed by atoms with Crippen molar-refractivity contribution in [2.75, 3.05) is 13.1 Å². The van der Waals surface area contributed by atoms with Gasteiger partial charge in [0.1, 0.15) is 0 Å². The van der Waals surface area contributed by atoms with E-state index in [0.717, 1.165) is 40.8 Å². The van der Waals surface area contributed by atoms with Gasteiger partial charge < -0.3 is 10.6 Å². The predicted molar refractivity (Wildman–Crippen MR) is 146 cm³/mol. The molecule has 4 aliphatic carbocycles. The lowest BCUT2D eigenvalue weighted by Gasteiger charge is -2.57. The maximum atomic E-state index is 6.12. The Morgan fingerprint density at radius 3 is 2.51 bits per heavy atom. The molecule has 5 heteroatoms. The fourth-order valence-corrected chi connectivity index (χ4v) is 9.52. The summed E-state index contributed by atoms with van der Waals surface area (Å²) in [5.74, 6) is 4.07. The van der Waals surface area contributed by atoms with Crippen LogP contribution in [0.5, 0.6) is 0 Å². The summed E-state index contributed by atoms with van der Waals surface area (Å²) in [7, 11) is 0. The number of nitrogens with one attached hydrogen (secondary N) is 2. The number of pyridine rings is 1. The Morgan fingerprint density at radius 2 is 1.83 bits per heavy atom. The maximum absolute atomic E-state index is 6.12. The van der Waals surface area contributed by atoms with Gasteiger partial charge in [0.25, 0.3) is 0 Å². The normalized spacial score (nSPS) is 39.9. The van der Waals surface area contributed by atoms with Crippen molar-refractivity contribution >= 4 is 28.2 Å². The summed E-state index contributed by atoms with van der Waals surface area (Å²) >= 11 is 6.12. The molecule has 1 aromatic carbocycles. The summed E-state index contributed by atoms with van der Waals surface area (Å²) in [6.45, 7) is 6.44. The highest BCUT2D eigenvalue weighted by Crippen LogP contribution is 2.55. The summed E-state index contributed by atoms with van der Waals surface area (Å²) in [5, 5.41) is 9.96. The Morgan fingerprint density at radius 1 is 1.09 bits per heavy atom. The molecule has 3 saturated heterocycles. The molecule has 4 saturated carbocycles. The number of nitrogens with zero attached hydrogens (tertiary/aromatic N) is 2. The molecule has 4 heterocycles. The van der Waals surface area contributed by atoms with Crippen molar-refractivity contribution in [1.82, 2.24) is 20.5 Å². The van der Waals surface area contributed by atoms with Crippen LogP contribution < -0.4 is 10.6 Å². The first-order valence-electron chi connectivity index (χ1n) is 13.9. The van der Waals surface area contributed by atoms with Gasteiger partial charge in [0, 0.05) is 29.7 Å². The molecule has 1 unspecified atom stereocenters. The molecule has 2 aromatic rings. The van der Waals surface area contributed by atoms with E-state index < -0.39 is 0 Å². The van der Waals surface area contributed by atoms with Crippen LogP contribution in [0, 0.1) is 29.6 Å². The third-order valence-corrected chi connectivity index (χ3v) is 10.5. The molecule has 184 valence electrons. The number of benzene rings is 1. The van der Waals surface area contributed by atoms with Crippen molar-refractivity contribution in [1.29, 1.82) is 0 Å². The number of aromatic nitrogens is 1. The second-order valence-electron chi connectivity index (χ2n) is 12.4. The first-order valence-corrected chi connectivity index (χ1v) is 14.3. The number of piperidine rings is 3. The molecule has 1 aromatic heterocycles. The molecule has 3 aliphatic heterocycles. The van der Waals surface area contributed by atoms with Crippen molar-refractivity contribution in [2.24, 2.45) is 29.6 Å². The molecule has 0 spiro atoms. The summed E-state index contributed by atoms with van der Waals surface area (Å²) < 4.78 is 0. The molecule has 4 nitrogen and oxygen atoms in total. The zero-order valence-electron chi connectivity index (χ0n) is 20.7. The van der Waals surface area contributed by atoms with Crippen LogP contribution in [0.3, 0.4) is 0 Å². The minimum Gasteiger partial charge on any atom is -0.357 e. The molecule has 7 aliphatic rings. The predicted octanol–water partition coefficient (Wildman–Crippen LogP) is 5.61. The highest BCUT2D eigenvalue weighted by molar-refractivity contribution is 7.80. The van der Waals surface area contributed by atoms with E-state index in [1.807, 2.05) is 6.20 Å². The van der Waals surface area contributed by atoms with Gasteiger partial charge in [-0.25, -0.2) is 0 Å². The van der Waals surface area contributed by atoms with E-state index >= 15 is 0 Å². The topological polar surface area (TPSA) is 40.2 Å². The summed E-state index contributed by atoms with van der Waals surface area (Å²) in [4.78, 5) is 7.37. The molecule has 2 N–H and O–H groups in total. The summed E-state index contributed by atoms with van der Waals surface area (Å²) in [6, 6.07) is 11.4. The van der Waals surface area contributed by atoms with Crippen molar-refractivity contribution < 1.29 is 0 Å². The maximum Gasteiger partial charge on any atom is 0.167 e. The Hall–Kier alpha value is -1.98. The van der Waals surface area contributed by atoms with Crippen LogP contribution >= 0.6 is 12.2 Å². The lowest BCUT2D eigenvalue weighted by molar-refractivity contribution is -0.0113. The van der Waals surface area contributed by atoms with Crippen LogP contribution in [-0.4, -0.2) is 39.7 Å². The SMILES string of the molecule is C=C[C@H]1CN2CC[C@H]1C[C@H]2[C@@H](NC(=S)NC12CC3CC(CC(C3)C1)C2)c1ccnc2ccccc12. The van der Waals surface area contributed by atoms with Crippen molar-refractivity contribution in [3.05, 3.63) is 54.7 Å². The van der Waals surface area contributed by atoms with E-state index in [1.54, 1.807) is 0 Å². The third kappa shape index (κ3) is 3.90. The number of fused-ring (bicyclic) bond motifs is 4. The highest BCUT2D eigenvalue weighted by Gasteiger charge is 2.51. The first kappa shape index (κ1) is 22.2. The van der Waals surface area contributed by atoms with E-state index in [2.05, 4.69) is 63.5 Å². The number of rotatable bonds is 5. The van der Waals surface area contributed by atoms with Gasteiger partial charge in [-0.1, -0.05) is 24.3 Å². The Labute approximate surface area is 214 Å². The zero-order valence-corrected chi connectivity index (χ0v) is 21.5. The van der Waals surface area contributed by atoms with Gasteiger partial charge in [0.2, 0.25) is 0 Å². The van der Waals surface area contributed by atoms with Gasteiger partial charge in [0.15, 0.2) is 5.11 Å². The van der Waals surface area contributed by atoms with Crippen LogP contribution in [0.4, 0.5) is 0 Å². The number of hydrogen-bond acceptors (Lipinski definition) is 3. The highest BCUT2D eigenvalue weighted by atomic mass is 32.1. The second kappa shape index (κ2) is 8.55. The average Bonchev–Trinajstić information content (AvgIpc) is 2.86. The summed E-state index contributed by atoms with van der Waals surface area (Å²) in [5.41, 5.74) is 2.62. The Balaban J connectivity index is 1.19. The minimum absolute atomic E-state index is 0.158. The lowest BCUT2D eigenvalue weighted by atomic mass is 9.53. The Kier molecular flexibility index (Phi) is 5.43. The van der Waals surface area contributed by atoms with Crippen LogP contribution in [0.1, 0.15) is 63.0 Å². The van der Waals surface area contributed by atoms with Crippen LogP contribution in [0.15, 0.2) is 49.2 Å². The molecule has 9 rings (SSSR count). The van der Waals surface area contributed by atoms with Gasteiger partial charge in [-0.3, -0.25) is 9.88 Å². The lowest BCUT2D eigenvalue weighted by Crippen LogP contribution is -2.63. The average molecular weight is 487 g/mol. The van der Waals surface area contributed by atoms with Crippen molar-refractivity contribution in [3.63, 3.8) is 0 Å². The molecule has 0 radical (unpaired) electrons. The largest absolute Gasteiger partial charge is 0.357 e. The zero-order chi connectivity index (χ0) is 23.6. The summed E-state index contributed by atoms with van der Waals surface area (Å²) in [6.07, 6.45) is 14.9.